The number of anilines is 1. The number of rotatable bonds is 13. The van der Waals surface area contributed by atoms with Gasteiger partial charge in [-0.1, -0.05) is 0 Å². The van der Waals surface area contributed by atoms with E-state index in [-0.39, 0.29) is 37.5 Å². The lowest BCUT2D eigenvalue weighted by Crippen LogP contribution is -2.44. The van der Waals surface area contributed by atoms with Crippen molar-refractivity contribution in [2.75, 3.05) is 56.8 Å². The van der Waals surface area contributed by atoms with E-state index in [1.54, 1.807) is 0 Å². The number of esters is 2. The molecule has 1 aliphatic heterocycles. The molecule has 4 aromatic rings. The van der Waals surface area contributed by atoms with Gasteiger partial charge in [0.2, 0.25) is 16.7 Å². The molecule has 2 aromatic carbocycles. The van der Waals surface area contributed by atoms with Crippen LogP contribution in [0.4, 0.5) is 36.4 Å². The summed E-state index contributed by atoms with van der Waals surface area (Å²) in [6, 6.07) is 0.100. The van der Waals surface area contributed by atoms with Gasteiger partial charge < -0.3 is 38.3 Å². The predicted molar refractivity (Wildman–Crippen MR) is 209 cm³/mol. The van der Waals surface area contributed by atoms with Crippen molar-refractivity contribution < 1.29 is 76.1 Å². The fraction of sp³-hybridized carbons (Fsp3) is 0.474. The second kappa shape index (κ2) is 18.0. The van der Waals surface area contributed by atoms with Crippen LogP contribution in [0.3, 0.4) is 0 Å². The van der Waals surface area contributed by atoms with Gasteiger partial charge in [-0.05, 0) is 51.7 Å². The number of hydrogen-bond acceptors (Lipinski definition) is 14. The van der Waals surface area contributed by atoms with Crippen LogP contribution in [0.1, 0.15) is 72.3 Å². The molecule has 0 spiro atoms. The van der Waals surface area contributed by atoms with Crippen LogP contribution in [0.15, 0.2) is 31.8 Å². The molecule has 0 bridgehead atoms. The minimum Gasteiger partial charge on any atom is -0.462 e. The number of alkyl halides is 4. The zero-order valence-electron chi connectivity index (χ0n) is 33.7. The quantitative estimate of drug-likeness (QED) is 0.141. The van der Waals surface area contributed by atoms with Crippen LogP contribution >= 0.6 is 0 Å². The summed E-state index contributed by atoms with van der Waals surface area (Å²) < 4.78 is 168. The summed E-state index contributed by atoms with van der Waals surface area (Å²) in [5.74, 6) is -8.88. The number of benzene rings is 2. The SMILES string of the molecule is CCOC(=O)c1c(S(C)(=O)=O)n(C2CC2)c2c(OC(F)F)c(F)c(F)cc2c1=O.CCOC(=O)c1c(S(C)(=O)=O)n(C2CC2)c2c(OC(F)F)c(N3CCNCC3)c(F)cc2c1=O. The Hall–Kier alpha value is -5.43. The highest BCUT2D eigenvalue weighted by Crippen LogP contribution is 2.47. The largest absolute Gasteiger partial charge is 0.462 e. The van der Waals surface area contributed by atoms with Crippen LogP contribution in [-0.4, -0.2) is 103 Å². The van der Waals surface area contributed by atoms with Gasteiger partial charge in [0.15, 0.2) is 52.9 Å². The fourth-order valence-electron chi connectivity index (χ4n) is 7.37. The lowest BCUT2D eigenvalue weighted by Gasteiger charge is -2.32. The van der Waals surface area contributed by atoms with Crippen LogP contribution < -0.4 is 30.5 Å². The Balaban J connectivity index is 0.000000213. The molecule has 3 aliphatic rings. The van der Waals surface area contributed by atoms with Gasteiger partial charge in [0.25, 0.3) is 0 Å². The highest BCUT2D eigenvalue weighted by Gasteiger charge is 2.40. The number of nitrogens with zero attached hydrogens (tertiary/aromatic N) is 3. The van der Waals surface area contributed by atoms with Crippen LogP contribution in [0.25, 0.3) is 21.8 Å². The topological polar surface area (TPSA) is 199 Å². The molecule has 1 saturated heterocycles. The molecule has 2 aromatic heterocycles. The standard InChI is InChI=1S/C21H24F3N3O6S.C17H15F4NO6S/c1-3-32-20(29)14-17(28)12-10-13(22)16(26-8-6-25-7-9-26)18(33-21(23)24)15(12)27(11-4-5-11)19(14)34(2,30)31;1-3-27-16(24)10-13(23)8-6-9(18)11(19)14(28-17(20)21)12(8)22(7-4-5-7)15(10)29(2,25)26/h10-11,21,25H,3-9H2,1-2H3;6-7,17H,3-5H2,1-2H3. The van der Waals surface area contributed by atoms with Crippen molar-refractivity contribution in [2.45, 2.75) is 74.9 Å². The number of ether oxygens (including phenoxy) is 4. The molecule has 2 saturated carbocycles. The summed E-state index contributed by atoms with van der Waals surface area (Å²) in [6.45, 7) is -2.93. The Kier molecular flexibility index (Phi) is 13.4. The number of carbonyl (C=O) groups excluding carboxylic acids is 2. The van der Waals surface area contributed by atoms with E-state index < -0.39 is 134 Å². The number of carbonyl (C=O) groups is 2. The molecule has 16 nitrogen and oxygen atoms in total. The van der Waals surface area contributed by atoms with E-state index >= 15 is 4.39 Å². The number of hydrogen-bond donors (Lipinski definition) is 1. The molecule has 0 radical (unpaired) electrons. The van der Waals surface area contributed by atoms with Gasteiger partial charge in [0.1, 0.15) is 16.8 Å². The van der Waals surface area contributed by atoms with Crippen molar-refractivity contribution in [3.8, 4) is 11.5 Å². The second-order valence-electron chi connectivity index (χ2n) is 14.5. The first-order chi connectivity index (χ1) is 29.5. The number of piperazine rings is 1. The van der Waals surface area contributed by atoms with E-state index in [1.807, 2.05) is 0 Å². The predicted octanol–water partition coefficient (Wildman–Crippen LogP) is 4.86. The molecular weight excluding hydrogens is 902 g/mol. The van der Waals surface area contributed by atoms with Gasteiger partial charge in [-0.3, -0.25) is 9.59 Å². The molecule has 3 heterocycles. The zero-order chi connectivity index (χ0) is 46.5. The maximum Gasteiger partial charge on any atom is 0.387 e. The van der Waals surface area contributed by atoms with Gasteiger partial charge in [-0.15, -0.1) is 0 Å². The van der Waals surface area contributed by atoms with Gasteiger partial charge in [-0.25, -0.2) is 35.2 Å². The van der Waals surface area contributed by atoms with Gasteiger partial charge in [0, 0.05) is 50.8 Å². The Labute approximate surface area is 353 Å². The summed E-state index contributed by atoms with van der Waals surface area (Å²) in [7, 11) is -8.55. The molecule has 3 fully saturated rings. The molecule has 63 heavy (non-hydrogen) atoms. The van der Waals surface area contributed by atoms with Crippen LogP contribution in [-0.2, 0) is 29.1 Å². The van der Waals surface area contributed by atoms with E-state index in [1.165, 1.54) is 18.7 Å². The highest BCUT2D eigenvalue weighted by atomic mass is 32.2. The van der Waals surface area contributed by atoms with Crippen molar-refractivity contribution in [1.29, 1.82) is 0 Å². The third-order valence-corrected chi connectivity index (χ3v) is 12.2. The third-order valence-electron chi connectivity index (χ3n) is 9.96. The highest BCUT2D eigenvalue weighted by molar-refractivity contribution is 7.91. The Morgan fingerprint density at radius 3 is 1.48 bits per heavy atom. The maximum absolute atomic E-state index is 15.4. The number of halogens is 7. The average molecular weight is 941 g/mol. The van der Waals surface area contributed by atoms with Crippen LogP contribution in [0.2, 0.25) is 0 Å². The number of nitrogens with one attached hydrogen (secondary N) is 1. The first-order valence-corrected chi connectivity index (χ1v) is 23.0. The number of sulfone groups is 2. The van der Waals surface area contributed by atoms with Gasteiger partial charge in [0.05, 0.1) is 35.0 Å². The molecule has 0 atom stereocenters. The Morgan fingerprint density at radius 1 is 0.698 bits per heavy atom. The summed E-state index contributed by atoms with van der Waals surface area (Å²) in [5, 5.41) is 0.489. The Bertz CT molecular complexity index is 2860. The lowest BCUT2D eigenvalue weighted by molar-refractivity contribution is -0.0518. The molecule has 0 amide bonds. The van der Waals surface area contributed by atoms with Crippen molar-refractivity contribution in [3.63, 3.8) is 0 Å². The fourth-order valence-corrected chi connectivity index (χ4v) is 9.66. The number of aromatic nitrogens is 2. The molecule has 344 valence electrons. The van der Waals surface area contributed by atoms with Gasteiger partial charge >= 0.3 is 25.2 Å². The average Bonchev–Trinajstić information content (AvgIpc) is 4.12. The molecule has 0 unspecified atom stereocenters. The van der Waals surface area contributed by atoms with E-state index in [0.29, 0.717) is 51.1 Å². The lowest BCUT2D eigenvalue weighted by atomic mass is 10.1. The first kappa shape index (κ1) is 47.1. The van der Waals surface area contributed by atoms with Crippen molar-refractivity contribution in [1.82, 2.24) is 14.5 Å². The third kappa shape index (κ3) is 9.30. The molecular formula is C38H39F7N4O12S2. The number of fused-ring (bicyclic) bond motifs is 2. The van der Waals surface area contributed by atoms with Crippen molar-refractivity contribution in [2.24, 2.45) is 0 Å². The van der Waals surface area contributed by atoms with Crippen molar-refractivity contribution in [3.05, 3.63) is 61.2 Å². The Morgan fingerprint density at radius 2 is 1.10 bits per heavy atom. The number of pyridine rings is 2. The summed E-state index contributed by atoms with van der Waals surface area (Å²) >= 11 is 0. The summed E-state index contributed by atoms with van der Waals surface area (Å²) in [4.78, 5) is 52.8. The van der Waals surface area contributed by atoms with Crippen LogP contribution in [0.5, 0.6) is 11.5 Å². The minimum absolute atomic E-state index is 0.140. The molecule has 2 aliphatic carbocycles. The molecule has 25 heteroatoms. The molecule has 7 rings (SSSR count). The monoisotopic (exact) mass is 940 g/mol. The van der Waals surface area contributed by atoms with E-state index in [2.05, 4.69) is 10.1 Å². The summed E-state index contributed by atoms with van der Waals surface area (Å²) in [5.41, 5.74) is -5.33. The molecule has 1 N–H and O–H groups in total. The maximum atomic E-state index is 15.4. The smallest absolute Gasteiger partial charge is 0.387 e. The second-order valence-corrected chi connectivity index (χ2v) is 18.4. The van der Waals surface area contributed by atoms with E-state index in [0.717, 1.165) is 21.5 Å². The van der Waals surface area contributed by atoms with E-state index in [4.69, 9.17) is 14.2 Å². The summed E-state index contributed by atoms with van der Waals surface area (Å²) in [6.07, 6.45) is 3.16. The van der Waals surface area contributed by atoms with E-state index in [9.17, 15) is 62.4 Å². The first-order valence-electron chi connectivity index (χ1n) is 19.2. The van der Waals surface area contributed by atoms with Gasteiger partial charge in [-0.2, -0.15) is 22.0 Å². The normalized spacial score (nSPS) is 15.7. The minimum atomic E-state index is -4.31. The zero-order valence-corrected chi connectivity index (χ0v) is 35.4. The van der Waals surface area contributed by atoms with Crippen LogP contribution in [0, 0.1) is 17.5 Å². The van der Waals surface area contributed by atoms with Crippen molar-refractivity contribution >= 4 is 59.1 Å².